The summed E-state index contributed by atoms with van der Waals surface area (Å²) in [5, 5.41) is 3.74. The van der Waals surface area contributed by atoms with Gasteiger partial charge in [0.05, 0.1) is 23.7 Å². The molecule has 9 nitrogen and oxygen atoms in total. The van der Waals surface area contributed by atoms with E-state index in [-0.39, 0.29) is 43.1 Å². The second kappa shape index (κ2) is 12.5. The molecule has 1 aromatic rings. The van der Waals surface area contributed by atoms with Gasteiger partial charge in [-0.2, -0.15) is 13.2 Å². The van der Waals surface area contributed by atoms with Crippen LogP contribution in [0.2, 0.25) is 0 Å². The number of nitrogens with one attached hydrogen (secondary N) is 1. The molecule has 1 aliphatic carbocycles. The zero-order valence-electron chi connectivity index (χ0n) is 24.9. The highest BCUT2D eigenvalue weighted by molar-refractivity contribution is 5.86. The Bertz CT molecular complexity index is 1180. The van der Waals surface area contributed by atoms with Gasteiger partial charge in [-0.1, -0.05) is 6.07 Å². The lowest BCUT2D eigenvalue weighted by atomic mass is 9.78. The smallest absolute Gasteiger partial charge is 0.416 e. The third-order valence-corrected chi connectivity index (χ3v) is 10.3. The van der Waals surface area contributed by atoms with E-state index in [9.17, 15) is 22.8 Å². The summed E-state index contributed by atoms with van der Waals surface area (Å²) in [6.07, 6.45) is -0.00796. The van der Waals surface area contributed by atoms with Gasteiger partial charge in [-0.3, -0.25) is 9.69 Å². The fraction of sp³-hybridized carbons (Fsp3) is 0.742. The van der Waals surface area contributed by atoms with E-state index in [4.69, 9.17) is 14.2 Å². The zero-order valence-corrected chi connectivity index (χ0v) is 24.9. The molecule has 0 unspecified atom stereocenters. The van der Waals surface area contributed by atoms with Gasteiger partial charge >= 0.3 is 12.3 Å². The fourth-order valence-corrected chi connectivity index (χ4v) is 7.99. The van der Waals surface area contributed by atoms with Crippen molar-refractivity contribution in [2.24, 2.45) is 11.3 Å². The Morgan fingerprint density at radius 1 is 1.14 bits per heavy atom. The summed E-state index contributed by atoms with van der Waals surface area (Å²) in [5.74, 6) is -0.153. The molecular weight excluding hydrogens is 565 g/mol. The molecule has 43 heavy (non-hydrogen) atoms. The topological polar surface area (TPSA) is 83.6 Å². The summed E-state index contributed by atoms with van der Waals surface area (Å²) in [7, 11) is 1.67. The number of methoxy groups -OCH3 is 1. The molecule has 3 saturated heterocycles. The molecule has 6 rings (SSSR count). The van der Waals surface area contributed by atoms with Crippen LogP contribution in [0.5, 0.6) is 0 Å². The van der Waals surface area contributed by atoms with Crippen molar-refractivity contribution in [2.75, 3.05) is 66.2 Å². The van der Waals surface area contributed by atoms with Crippen molar-refractivity contribution in [3.63, 3.8) is 0 Å². The Hall–Kier alpha value is -2.41. The summed E-state index contributed by atoms with van der Waals surface area (Å²) in [6, 6.07) is 3.98. The first-order chi connectivity index (χ1) is 20.7. The molecule has 1 saturated carbocycles. The minimum atomic E-state index is -4.44. The highest BCUT2D eigenvalue weighted by Crippen LogP contribution is 2.51. The van der Waals surface area contributed by atoms with Gasteiger partial charge in [0.15, 0.2) is 0 Å². The van der Waals surface area contributed by atoms with Gasteiger partial charge in [-0.15, -0.1) is 0 Å². The van der Waals surface area contributed by atoms with Gasteiger partial charge in [0.1, 0.15) is 6.61 Å². The van der Waals surface area contributed by atoms with Crippen molar-refractivity contribution in [3.05, 3.63) is 34.9 Å². The third-order valence-electron chi connectivity index (χ3n) is 10.3. The molecule has 4 heterocycles. The van der Waals surface area contributed by atoms with E-state index in [0.29, 0.717) is 57.9 Å². The van der Waals surface area contributed by atoms with Crippen LogP contribution in [0, 0.1) is 11.3 Å². The molecule has 12 heteroatoms. The number of likely N-dealkylation sites (tertiary alicyclic amines) is 2. The van der Waals surface area contributed by atoms with E-state index >= 15 is 0 Å². The normalized spacial score (nSPS) is 31.3. The molecule has 4 aliphatic heterocycles. The lowest BCUT2D eigenvalue weighted by molar-refractivity contribution is -0.143. The van der Waals surface area contributed by atoms with Crippen molar-refractivity contribution in [1.82, 2.24) is 20.0 Å². The number of halogens is 3. The van der Waals surface area contributed by atoms with Crippen LogP contribution in [0.3, 0.4) is 0 Å². The van der Waals surface area contributed by atoms with Gasteiger partial charge in [-0.05, 0) is 80.8 Å². The molecule has 4 fully saturated rings. The standard InChI is InChI=1S/C31H43F3N4O5/c1-41-27-19-42-12-7-26(27)35-25-15-24-18-38(29(40)43-13-11-36-8-2-3-9-36)20-30(24,16-25)28(39)37-10-6-21-4-5-23(31(32,33)34)14-22(21)17-37/h4-5,14,24-27,35H,2-3,6-13,15-20H2,1H3/t24-,25+,26-,27+,30-/m0/s1. The largest absolute Gasteiger partial charge is 0.448 e. The average Bonchev–Trinajstić information content (AvgIpc) is 3.72. The lowest BCUT2D eigenvalue weighted by Crippen LogP contribution is -2.52. The van der Waals surface area contributed by atoms with Gasteiger partial charge < -0.3 is 29.3 Å². The summed E-state index contributed by atoms with van der Waals surface area (Å²) < 4.78 is 57.3. The molecule has 0 radical (unpaired) electrons. The van der Waals surface area contributed by atoms with E-state index in [0.717, 1.165) is 37.6 Å². The summed E-state index contributed by atoms with van der Waals surface area (Å²) >= 11 is 0. The number of alkyl halides is 3. The predicted octanol–water partition coefficient (Wildman–Crippen LogP) is 3.30. The van der Waals surface area contributed by atoms with Crippen molar-refractivity contribution in [1.29, 1.82) is 0 Å². The highest BCUT2D eigenvalue weighted by atomic mass is 19.4. The van der Waals surface area contributed by atoms with Crippen molar-refractivity contribution in [3.8, 4) is 0 Å². The number of rotatable bonds is 7. The molecule has 0 spiro atoms. The Morgan fingerprint density at radius 2 is 1.95 bits per heavy atom. The molecule has 0 aromatic heterocycles. The molecule has 2 amide bonds. The first-order valence-electron chi connectivity index (χ1n) is 15.7. The molecule has 5 atom stereocenters. The summed E-state index contributed by atoms with van der Waals surface area (Å²) in [6.45, 7) is 5.48. The van der Waals surface area contributed by atoms with Crippen LogP contribution >= 0.6 is 0 Å². The van der Waals surface area contributed by atoms with E-state index in [1.54, 1.807) is 16.9 Å². The number of amides is 2. The van der Waals surface area contributed by atoms with Crippen LogP contribution in [0.25, 0.3) is 0 Å². The van der Waals surface area contributed by atoms with E-state index < -0.39 is 23.2 Å². The first kappa shape index (κ1) is 30.6. The van der Waals surface area contributed by atoms with Gasteiger partial charge in [0, 0.05) is 58.5 Å². The SMILES string of the molecule is CO[C@@H]1COCC[C@@H]1N[C@@H]1C[C@H]2CN(C(=O)OCCN3CCCC3)C[C@@]2(C(=O)N2CCc3ccc(C(F)(F)F)cc3C2)C1. The Labute approximate surface area is 251 Å². The fourth-order valence-electron chi connectivity index (χ4n) is 7.99. The van der Waals surface area contributed by atoms with Crippen LogP contribution in [0.4, 0.5) is 18.0 Å². The van der Waals surface area contributed by atoms with Gasteiger partial charge in [0.25, 0.3) is 0 Å². The Kier molecular flexibility index (Phi) is 8.92. The van der Waals surface area contributed by atoms with Crippen LogP contribution in [0.1, 0.15) is 48.8 Å². The molecule has 1 N–H and O–H groups in total. The minimum absolute atomic E-state index is 0.0527. The van der Waals surface area contributed by atoms with Crippen molar-refractivity contribution in [2.45, 2.75) is 69.4 Å². The number of hydrogen-bond acceptors (Lipinski definition) is 7. The Morgan fingerprint density at radius 3 is 2.72 bits per heavy atom. The maximum atomic E-state index is 14.5. The van der Waals surface area contributed by atoms with E-state index in [1.807, 2.05) is 0 Å². The van der Waals surface area contributed by atoms with Crippen molar-refractivity contribution < 1.29 is 37.0 Å². The second-order valence-corrected chi connectivity index (χ2v) is 12.9. The summed E-state index contributed by atoms with van der Waals surface area (Å²) in [4.78, 5) is 33.3. The minimum Gasteiger partial charge on any atom is -0.448 e. The lowest BCUT2D eigenvalue weighted by Gasteiger charge is -2.38. The number of carbonyl (C=O) groups excluding carboxylic acids is 2. The van der Waals surface area contributed by atoms with Crippen molar-refractivity contribution >= 4 is 12.0 Å². The summed E-state index contributed by atoms with van der Waals surface area (Å²) in [5.41, 5.74) is -0.138. The second-order valence-electron chi connectivity index (χ2n) is 12.9. The number of hydrogen-bond donors (Lipinski definition) is 1. The molecule has 5 aliphatic rings. The van der Waals surface area contributed by atoms with Gasteiger partial charge in [0.2, 0.25) is 5.91 Å². The number of benzene rings is 1. The number of nitrogens with zero attached hydrogens (tertiary/aromatic N) is 3. The van der Waals surface area contributed by atoms with Gasteiger partial charge in [-0.25, -0.2) is 4.79 Å². The van der Waals surface area contributed by atoms with Crippen LogP contribution in [0.15, 0.2) is 18.2 Å². The zero-order chi connectivity index (χ0) is 30.2. The predicted molar refractivity (Wildman–Crippen MR) is 151 cm³/mol. The highest BCUT2D eigenvalue weighted by Gasteiger charge is 2.60. The van der Waals surface area contributed by atoms with Crippen LogP contribution < -0.4 is 5.32 Å². The number of carbonyl (C=O) groups is 2. The molecular formula is C31H43F3N4O5. The molecule has 1 aromatic carbocycles. The van der Waals surface area contributed by atoms with Crippen LogP contribution in [-0.4, -0.2) is 111 Å². The first-order valence-corrected chi connectivity index (χ1v) is 15.7. The monoisotopic (exact) mass is 608 g/mol. The number of fused-ring (bicyclic) bond motifs is 2. The van der Waals surface area contributed by atoms with Crippen LogP contribution in [-0.2, 0) is 38.1 Å². The van der Waals surface area contributed by atoms with E-state index in [1.165, 1.54) is 25.0 Å². The quantitative estimate of drug-likeness (QED) is 0.509. The maximum absolute atomic E-state index is 14.5. The number of ether oxygens (including phenoxy) is 3. The maximum Gasteiger partial charge on any atom is 0.416 e. The molecule has 0 bridgehead atoms. The molecule has 238 valence electrons. The van der Waals surface area contributed by atoms with E-state index in [2.05, 4.69) is 10.2 Å². The average molecular weight is 609 g/mol. The Balaban J connectivity index is 1.18. The third kappa shape index (κ3) is 6.39.